The van der Waals surface area contributed by atoms with E-state index in [-0.39, 0.29) is 0 Å². The molecule has 80 valence electrons. The van der Waals surface area contributed by atoms with Crippen molar-refractivity contribution in [1.82, 2.24) is 5.32 Å². The zero-order chi connectivity index (χ0) is 9.54. The van der Waals surface area contributed by atoms with Crippen molar-refractivity contribution in [3.8, 4) is 0 Å². The number of hydrogen-bond acceptors (Lipinski definition) is 2. The van der Waals surface area contributed by atoms with Crippen molar-refractivity contribution in [2.75, 3.05) is 6.61 Å². The van der Waals surface area contributed by atoms with Gasteiger partial charge in [-0.05, 0) is 50.9 Å². The average molecular weight is 195 g/mol. The van der Waals surface area contributed by atoms with Crippen LogP contribution in [0.15, 0.2) is 0 Å². The fraction of sp³-hybridized carbons (Fsp3) is 1.00. The number of rotatable bonds is 2. The zero-order valence-electron chi connectivity index (χ0n) is 9.04. The topological polar surface area (TPSA) is 21.3 Å². The lowest BCUT2D eigenvalue weighted by atomic mass is 10.0. The van der Waals surface area contributed by atoms with Crippen LogP contribution in [0.3, 0.4) is 0 Å². The molecule has 3 fully saturated rings. The maximum Gasteiger partial charge on any atom is 0.0561 e. The molecule has 0 amide bonds. The highest BCUT2D eigenvalue weighted by Gasteiger charge is 2.48. The first kappa shape index (κ1) is 9.17. The van der Waals surface area contributed by atoms with Crippen molar-refractivity contribution in [2.45, 2.75) is 57.2 Å². The zero-order valence-corrected chi connectivity index (χ0v) is 9.04. The second-order valence-electron chi connectivity index (χ2n) is 5.41. The van der Waals surface area contributed by atoms with Gasteiger partial charge in [-0.3, -0.25) is 0 Å². The van der Waals surface area contributed by atoms with E-state index in [1.807, 2.05) is 0 Å². The molecule has 0 aromatic carbocycles. The maximum absolute atomic E-state index is 5.57. The van der Waals surface area contributed by atoms with Crippen LogP contribution in [0.5, 0.6) is 0 Å². The summed E-state index contributed by atoms with van der Waals surface area (Å²) in [5, 5.41) is 3.86. The summed E-state index contributed by atoms with van der Waals surface area (Å²) in [5.41, 5.74) is 0. The first-order valence-electron chi connectivity index (χ1n) is 6.20. The molecule has 0 bridgehead atoms. The lowest BCUT2D eigenvalue weighted by Gasteiger charge is -2.30. The quantitative estimate of drug-likeness (QED) is 0.727. The SMILES string of the molecule is CC1CC(NC2CCC3CC32)CCO1. The molecule has 5 atom stereocenters. The third-order valence-corrected chi connectivity index (χ3v) is 4.28. The van der Waals surface area contributed by atoms with E-state index in [2.05, 4.69) is 12.2 Å². The van der Waals surface area contributed by atoms with E-state index in [0.29, 0.717) is 6.10 Å². The number of nitrogens with one attached hydrogen (secondary N) is 1. The molecule has 3 rings (SSSR count). The highest BCUT2D eigenvalue weighted by molar-refractivity contribution is 5.02. The number of fused-ring (bicyclic) bond motifs is 1. The predicted octanol–water partition coefficient (Wildman–Crippen LogP) is 1.94. The summed E-state index contributed by atoms with van der Waals surface area (Å²) >= 11 is 0. The van der Waals surface area contributed by atoms with Crippen LogP contribution in [0.25, 0.3) is 0 Å². The van der Waals surface area contributed by atoms with Crippen LogP contribution < -0.4 is 5.32 Å². The Bertz CT molecular complexity index is 218. The molecule has 0 aromatic rings. The van der Waals surface area contributed by atoms with Crippen LogP contribution in [0.4, 0.5) is 0 Å². The van der Waals surface area contributed by atoms with Crippen LogP contribution >= 0.6 is 0 Å². The van der Waals surface area contributed by atoms with Crippen LogP contribution in [0.2, 0.25) is 0 Å². The highest BCUT2D eigenvalue weighted by atomic mass is 16.5. The van der Waals surface area contributed by atoms with Gasteiger partial charge in [0.1, 0.15) is 0 Å². The fourth-order valence-electron chi connectivity index (χ4n) is 3.36. The van der Waals surface area contributed by atoms with Crippen molar-refractivity contribution in [3.63, 3.8) is 0 Å². The van der Waals surface area contributed by atoms with Crippen molar-refractivity contribution in [3.05, 3.63) is 0 Å². The molecule has 1 N–H and O–H groups in total. The van der Waals surface area contributed by atoms with Crippen LogP contribution in [0.1, 0.15) is 39.0 Å². The van der Waals surface area contributed by atoms with E-state index >= 15 is 0 Å². The van der Waals surface area contributed by atoms with Gasteiger partial charge >= 0.3 is 0 Å². The minimum absolute atomic E-state index is 0.470. The Morgan fingerprint density at radius 3 is 2.71 bits per heavy atom. The molecule has 2 nitrogen and oxygen atoms in total. The Balaban J connectivity index is 1.51. The van der Waals surface area contributed by atoms with E-state index < -0.39 is 0 Å². The van der Waals surface area contributed by atoms with Gasteiger partial charge in [0, 0.05) is 18.7 Å². The summed E-state index contributed by atoms with van der Waals surface area (Å²) in [4.78, 5) is 0. The molecule has 2 aliphatic carbocycles. The van der Waals surface area contributed by atoms with Crippen LogP contribution in [0, 0.1) is 11.8 Å². The summed E-state index contributed by atoms with van der Waals surface area (Å²) in [5.74, 6) is 2.15. The average Bonchev–Trinajstić information content (AvgIpc) is 2.84. The van der Waals surface area contributed by atoms with Gasteiger partial charge in [-0.1, -0.05) is 0 Å². The van der Waals surface area contributed by atoms with Gasteiger partial charge in [0.25, 0.3) is 0 Å². The second kappa shape index (κ2) is 3.49. The van der Waals surface area contributed by atoms with Crippen molar-refractivity contribution < 1.29 is 4.74 Å². The van der Waals surface area contributed by atoms with Gasteiger partial charge in [0.15, 0.2) is 0 Å². The Morgan fingerprint density at radius 1 is 1.14 bits per heavy atom. The van der Waals surface area contributed by atoms with Crippen LogP contribution in [-0.4, -0.2) is 24.8 Å². The summed E-state index contributed by atoms with van der Waals surface area (Å²) in [6.45, 7) is 3.15. The smallest absolute Gasteiger partial charge is 0.0561 e. The van der Waals surface area contributed by atoms with E-state index in [1.165, 1.54) is 32.1 Å². The van der Waals surface area contributed by atoms with E-state index in [4.69, 9.17) is 4.74 Å². The van der Waals surface area contributed by atoms with E-state index in [0.717, 1.165) is 30.5 Å². The fourth-order valence-corrected chi connectivity index (χ4v) is 3.36. The molecule has 1 saturated heterocycles. The number of hydrogen-bond donors (Lipinski definition) is 1. The largest absolute Gasteiger partial charge is 0.378 e. The Labute approximate surface area is 86.4 Å². The molecular formula is C12H21NO. The van der Waals surface area contributed by atoms with Crippen LogP contribution in [-0.2, 0) is 4.74 Å². The summed E-state index contributed by atoms with van der Waals surface area (Å²) in [7, 11) is 0. The molecule has 14 heavy (non-hydrogen) atoms. The molecule has 0 aromatic heterocycles. The first-order chi connectivity index (χ1) is 6.83. The number of ether oxygens (including phenoxy) is 1. The summed E-state index contributed by atoms with van der Waals surface area (Å²) < 4.78 is 5.57. The third kappa shape index (κ3) is 1.70. The monoisotopic (exact) mass is 195 g/mol. The third-order valence-electron chi connectivity index (χ3n) is 4.28. The Kier molecular flexibility index (Phi) is 2.29. The molecule has 5 unspecified atom stereocenters. The van der Waals surface area contributed by atoms with Gasteiger partial charge in [-0.25, -0.2) is 0 Å². The van der Waals surface area contributed by atoms with Gasteiger partial charge in [-0.15, -0.1) is 0 Å². The van der Waals surface area contributed by atoms with Gasteiger partial charge in [0.05, 0.1) is 6.10 Å². The molecule has 1 heterocycles. The molecule has 3 aliphatic rings. The Morgan fingerprint density at radius 2 is 2.07 bits per heavy atom. The summed E-state index contributed by atoms with van der Waals surface area (Å²) in [6, 6.07) is 1.60. The maximum atomic E-state index is 5.57. The van der Waals surface area contributed by atoms with E-state index in [1.54, 1.807) is 0 Å². The summed E-state index contributed by atoms with van der Waals surface area (Å²) in [6.07, 6.45) is 7.34. The normalized spacial score (nSPS) is 51.6. The van der Waals surface area contributed by atoms with Gasteiger partial charge in [0.2, 0.25) is 0 Å². The predicted molar refractivity (Wildman–Crippen MR) is 56.2 cm³/mol. The van der Waals surface area contributed by atoms with Crippen molar-refractivity contribution in [2.24, 2.45) is 11.8 Å². The first-order valence-corrected chi connectivity index (χ1v) is 6.20. The molecule has 2 heteroatoms. The lowest BCUT2D eigenvalue weighted by Crippen LogP contribution is -2.43. The highest BCUT2D eigenvalue weighted by Crippen LogP contribution is 2.51. The minimum Gasteiger partial charge on any atom is -0.378 e. The Hall–Kier alpha value is -0.0800. The van der Waals surface area contributed by atoms with Crippen molar-refractivity contribution >= 4 is 0 Å². The van der Waals surface area contributed by atoms with E-state index in [9.17, 15) is 0 Å². The molecule has 1 aliphatic heterocycles. The standard InChI is InChI=1S/C12H21NO/c1-8-6-10(4-5-14-8)13-12-3-2-9-7-11(9)12/h8-13H,2-7H2,1H3. The molecular weight excluding hydrogens is 174 g/mol. The second-order valence-corrected chi connectivity index (χ2v) is 5.41. The van der Waals surface area contributed by atoms with Gasteiger partial charge < -0.3 is 10.1 Å². The molecule has 0 radical (unpaired) electrons. The van der Waals surface area contributed by atoms with Crippen molar-refractivity contribution in [1.29, 1.82) is 0 Å². The van der Waals surface area contributed by atoms with Gasteiger partial charge in [-0.2, -0.15) is 0 Å². The lowest BCUT2D eigenvalue weighted by molar-refractivity contribution is 0.0109. The molecule has 2 saturated carbocycles. The molecule has 0 spiro atoms. The minimum atomic E-state index is 0.470.